The van der Waals surface area contributed by atoms with Crippen LogP contribution < -0.4 is 0 Å². The van der Waals surface area contributed by atoms with Crippen LogP contribution in [0.25, 0.3) is 0 Å². The van der Waals surface area contributed by atoms with Crippen molar-refractivity contribution in [2.75, 3.05) is 0 Å². The highest BCUT2D eigenvalue weighted by Crippen LogP contribution is 2.43. The van der Waals surface area contributed by atoms with Crippen LogP contribution in [0.2, 0.25) is 0 Å². The molecule has 1 nitrogen and oxygen atoms in total. The molecular formula is C15H19BrF2O. The Morgan fingerprint density at radius 1 is 1.32 bits per heavy atom. The van der Waals surface area contributed by atoms with Gasteiger partial charge in [0.15, 0.2) is 0 Å². The van der Waals surface area contributed by atoms with Gasteiger partial charge in [0, 0.05) is 0 Å². The maximum Gasteiger partial charge on any atom is 0.146 e. The Kier molecular flexibility index (Phi) is 4.62. The van der Waals surface area contributed by atoms with Gasteiger partial charge in [-0.2, -0.15) is 0 Å². The molecule has 19 heavy (non-hydrogen) atoms. The van der Waals surface area contributed by atoms with Crippen molar-refractivity contribution in [3.8, 4) is 0 Å². The molecule has 0 aliphatic heterocycles. The molecule has 1 N–H and O–H groups in total. The molecule has 1 aliphatic rings. The highest BCUT2D eigenvalue weighted by Gasteiger charge is 2.39. The van der Waals surface area contributed by atoms with Crippen LogP contribution in [-0.4, -0.2) is 5.11 Å². The maximum absolute atomic E-state index is 14.1. The van der Waals surface area contributed by atoms with Crippen LogP contribution in [0.3, 0.4) is 0 Å². The molecule has 0 aromatic heterocycles. The quantitative estimate of drug-likeness (QED) is 0.780. The number of hydrogen-bond acceptors (Lipinski definition) is 1. The molecule has 1 fully saturated rings. The Hall–Kier alpha value is -0.480. The van der Waals surface area contributed by atoms with E-state index in [4.69, 9.17) is 0 Å². The minimum absolute atomic E-state index is 0.170. The second kappa shape index (κ2) is 5.88. The van der Waals surface area contributed by atoms with Gasteiger partial charge in [-0.05, 0) is 59.7 Å². The van der Waals surface area contributed by atoms with Crippen molar-refractivity contribution >= 4 is 15.9 Å². The standard InChI is InChI=1S/C15H19BrF2O/c1-2-3-10-6-8-15(19,9-7-10)13-12(17)5-4-11(16)14(13)18/h4-5,10,19H,2-3,6-9H2,1H3. The minimum atomic E-state index is -1.36. The molecule has 0 spiro atoms. The Labute approximate surface area is 121 Å². The first kappa shape index (κ1) is 14.9. The van der Waals surface area contributed by atoms with Crippen molar-refractivity contribution in [2.24, 2.45) is 5.92 Å². The third kappa shape index (κ3) is 3.00. The molecule has 2 rings (SSSR count). The van der Waals surface area contributed by atoms with E-state index in [2.05, 4.69) is 22.9 Å². The lowest BCUT2D eigenvalue weighted by atomic mass is 9.74. The van der Waals surface area contributed by atoms with Crippen LogP contribution in [0, 0.1) is 17.6 Å². The van der Waals surface area contributed by atoms with E-state index in [-0.39, 0.29) is 10.0 Å². The number of rotatable bonds is 3. The Morgan fingerprint density at radius 3 is 2.53 bits per heavy atom. The third-order valence-corrected chi connectivity index (χ3v) is 4.75. The Balaban J connectivity index is 2.25. The molecule has 0 unspecified atom stereocenters. The van der Waals surface area contributed by atoms with Gasteiger partial charge in [0.25, 0.3) is 0 Å². The molecule has 4 heteroatoms. The molecule has 1 aliphatic carbocycles. The van der Waals surface area contributed by atoms with Crippen LogP contribution in [-0.2, 0) is 5.60 Å². The summed E-state index contributed by atoms with van der Waals surface area (Å²) in [6.45, 7) is 2.13. The van der Waals surface area contributed by atoms with E-state index in [0.717, 1.165) is 25.7 Å². The van der Waals surface area contributed by atoms with E-state index in [1.54, 1.807) is 0 Å². The van der Waals surface area contributed by atoms with Gasteiger partial charge in [0.05, 0.1) is 15.6 Å². The number of benzene rings is 1. The summed E-state index contributed by atoms with van der Waals surface area (Å²) >= 11 is 3.05. The summed E-state index contributed by atoms with van der Waals surface area (Å²) in [4.78, 5) is 0. The average Bonchev–Trinajstić information content (AvgIpc) is 2.38. The van der Waals surface area contributed by atoms with Crippen LogP contribution in [0.15, 0.2) is 16.6 Å². The van der Waals surface area contributed by atoms with Gasteiger partial charge in [0.2, 0.25) is 0 Å². The summed E-state index contributed by atoms with van der Waals surface area (Å²) in [7, 11) is 0. The van der Waals surface area contributed by atoms with E-state index in [1.807, 2.05) is 0 Å². The lowest BCUT2D eigenvalue weighted by Gasteiger charge is -2.36. The lowest BCUT2D eigenvalue weighted by Crippen LogP contribution is -2.33. The van der Waals surface area contributed by atoms with E-state index in [0.29, 0.717) is 18.8 Å². The SMILES string of the molecule is CCCC1CCC(O)(c2c(F)ccc(Br)c2F)CC1. The van der Waals surface area contributed by atoms with Gasteiger partial charge in [-0.3, -0.25) is 0 Å². The van der Waals surface area contributed by atoms with Gasteiger partial charge in [0.1, 0.15) is 11.6 Å². The predicted octanol–water partition coefficient (Wildman–Crippen LogP) is 4.91. The van der Waals surface area contributed by atoms with E-state index < -0.39 is 17.2 Å². The first-order valence-electron chi connectivity index (χ1n) is 6.84. The zero-order valence-electron chi connectivity index (χ0n) is 11.1. The van der Waals surface area contributed by atoms with Crippen molar-refractivity contribution in [2.45, 2.75) is 51.0 Å². The highest BCUT2D eigenvalue weighted by molar-refractivity contribution is 9.10. The lowest BCUT2D eigenvalue weighted by molar-refractivity contribution is -0.0211. The fraction of sp³-hybridized carbons (Fsp3) is 0.600. The van der Waals surface area contributed by atoms with Crippen LogP contribution in [0.1, 0.15) is 51.0 Å². The zero-order chi connectivity index (χ0) is 14.0. The fourth-order valence-electron chi connectivity index (χ4n) is 3.06. The van der Waals surface area contributed by atoms with E-state index in [9.17, 15) is 13.9 Å². The molecular weight excluding hydrogens is 314 g/mol. The zero-order valence-corrected chi connectivity index (χ0v) is 12.6. The molecule has 1 aromatic carbocycles. The monoisotopic (exact) mass is 332 g/mol. The molecule has 0 heterocycles. The second-order valence-electron chi connectivity index (χ2n) is 5.48. The van der Waals surface area contributed by atoms with Crippen LogP contribution >= 0.6 is 15.9 Å². The van der Waals surface area contributed by atoms with Gasteiger partial charge in [-0.15, -0.1) is 0 Å². The second-order valence-corrected chi connectivity index (χ2v) is 6.34. The summed E-state index contributed by atoms with van der Waals surface area (Å²) in [5.41, 5.74) is -1.53. The Morgan fingerprint density at radius 2 is 1.95 bits per heavy atom. The molecule has 0 radical (unpaired) electrons. The number of aliphatic hydroxyl groups is 1. The first-order chi connectivity index (χ1) is 8.98. The number of hydrogen-bond donors (Lipinski definition) is 1. The van der Waals surface area contributed by atoms with Gasteiger partial charge in [-0.1, -0.05) is 19.8 Å². The van der Waals surface area contributed by atoms with Crippen molar-refractivity contribution in [3.05, 3.63) is 33.8 Å². The molecule has 0 atom stereocenters. The topological polar surface area (TPSA) is 20.2 Å². The van der Waals surface area contributed by atoms with Gasteiger partial charge in [-0.25, -0.2) is 8.78 Å². The van der Waals surface area contributed by atoms with Crippen molar-refractivity contribution in [1.29, 1.82) is 0 Å². The third-order valence-electron chi connectivity index (χ3n) is 4.14. The largest absolute Gasteiger partial charge is 0.385 e. The summed E-state index contributed by atoms with van der Waals surface area (Å²) in [5.74, 6) is -0.753. The smallest absolute Gasteiger partial charge is 0.146 e. The van der Waals surface area contributed by atoms with E-state index in [1.165, 1.54) is 12.1 Å². The molecule has 0 saturated heterocycles. The van der Waals surface area contributed by atoms with Crippen molar-refractivity contribution in [3.63, 3.8) is 0 Å². The predicted molar refractivity (Wildman–Crippen MR) is 74.8 cm³/mol. The van der Waals surface area contributed by atoms with Crippen molar-refractivity contribution in [1.82, 2.24) is 0 Å². The minimum Gasteiger partial charge on any atom is -0.385 e. The average molecular weight is 333 g/mol. The van der Waals surface area contributed by atoms with Gasteiger partial charge < -0.3 is 5.11 Å². The van der Waals surface area contributed by atoms with Crippen molar-refractivity contribution < 1.29 is 13.9 Å². The Bertz CT molecular complexity index is 454. The molecule has 1 saturated carbocycles. The fourth-order valence-corrected chi connectivity index (χ4v) is 3.39. The summed E-state index contributed by atoms with van der Waals surface area (Å²) < 4.78 is 28.2. The van der Waals surface area contributed by atoms with Gasteiger partial charge >= 0.3 is 0 Å². The summed E-state index contributed by atoms with van der Waals surface area (Å²) in [6, 6.07) is 2.54. The van der Waals surface area contributed by atoms with E-state index >= 15 is 0 Å². The summed E-state index contributed by atoms with van der Waals surface area (Å²) in [6.07, 6.45) is 4.76. The highest BCUT2D eigenvalue weighted by atomic mass is 79.9. The normalized spacial score (nSPS) is 27.5. The van der Waals surface area contributed by atoms with Crippen LogP contribution in [0.5, 0.6) is 0 Å². The maximum atomic E-state index is 14.1. The summed E-state index contributed by atoms with van der Waals surface area (Å²) in [5, 5.41) is 10.6. The number of halogens is 3. The molecule has 0 amide bonds. The first-order valence-corrected chi connectivity index (χ1v) is 7.63. The molecule has 106 valence electrons. The molecule has 1 aromatic rings. The molecule has 0 bridgehead atoms. The van der Waals surface area contributed by atoms with Crippen LogP contribution in [0.4, 0.5) is 8.78 Å².